The quantitative estimate of drug-likeness (QED) is 0.641. The van der Waals surface area contributed by atoms with Crippen molar-refractivity contribution >= 4 is 5.69 Å². The summed E-state index contributed by atoms with van der Waals surface area (Å²) in [5.74, 6) is 0. The predicted octanol–water partition coefficient (Wildman–Crippen LogP) is 1.17. The molecule has 1 aliphatic rings. The summed E-state index contributed by atoms with van der Waals surface area (Å²) < 4.78 is 0. The fourth-order valence-electron chi connectivity index (χ4n) is 1.51. The molecule has 64 valence electrons. The van der Waals surface area contributed by atoms with Crippen molar-refractivity contribution in [1.82, 2.24) is 5.32 Å². The molecular formula is C10H14N2. The lowest BCUT2D eigenvalue weighted by Gasteiger charge is -2.27. The van der Waals surface area contributed by atoms with Gasteiger partial charge in [-0.1, -0.05) is 18.2 Å². The van der Waals surface area contributed by atoms with Crippen LogP contribution in [0, 0.1) is 0 Å². The van der Waals surface area contributed by atoms with Crippen molar-refractivity contribution in [2.75, 3.05) is 12.3 Å². The van der Waals surface area contributed by atoms with Crippen molar-refractivity contribution in [3.63, 3.8) is 0 Å². The van der Waals surface area contributed by atoms with Crippen molar-refractivity contribution in [1.29, 1.82) is 0 Å². The zero-order chi connectivity index (χ0) is 8.39. The fourth-order valence-corrected chi connectivity index (χ4v) is 1.51. The lowest BCUT2D eigenvalue weighted by Crippen LogP contribution is -2.44. The van der Waals surface area contributed by atoms with Gasteiger partial charge in [0.1, 0.15) is 0 Å². The van der Waals surface area contributed by atoms with E-state index in [-0.39, 0.29) is 0 Å². The first kappa shape index (κ1) is 7.62. The summed E-state index contributed by atoms with van der Waals surface area (Å²) in [5, 5.41) is 3.37. The minimum atomic E-state index is 0.662. The second kappa shape index (κ2) is 3.15. The van der Waals surface area contributed by atoms with Gasteiger partial charge in [0.2, 0.25) is 0 Å². The molecule has 2 nitrogen and oxygen atoms in total. The maximum Gasteiger partial charge on any atom is 0.0347 e. The first-order valence-corrected chi connectivity index (χ1v) is 4.43. The van der Waals surface area contributed by atoms with Crippen LogP contribution < -0.4 is 11.1 Å². The molecule has 0 bridgehead atoms. The predicted molar refractivity (Wildman–Crippen MR) is 51.0 cm³/mol. The van der Waals surface area contributed by atoms with Crippen molar-refractivity contribution < 1.29 is 0 Å². The minimum Gasteiger partial charge on any atom is -0.399 e. The first-order chi connectivity index (χ1) is 5.86. The molecule has 1 aliphatic heterocycles. The van der Waals surface area contributed by atoms with Crippen molar-refractivity contribution in [3.05, 3.63) is 29.8 Å². The highest BCUT2D eigenvalue weighted by atomic mass is 15.0. The number of nitrogen functional groups attached to an aromatic ring is 1. The third-order valence-corrected chi connectivity index (χ3v) is 2.45. The Morgan fingerprint density at radius 3 is 2.75 bits per heavy atom. The normalized spacial score (nSPS) is 21.8. The topological polar surface area (TPSA) is 38.0 Å². The zero-order valence-electron chi connectivity index (χ0n) is 7.09. The lowest BCUT2D eigenvalue weighted by molar-refractivity contribution is 0.369. The van der Waals surface area contributed by atoms with Gasteiger partial charge in [0.25, 0.3) is 0 Å². The first-order valence-electron chi connectivity index (χ1n) is 4.43. The standard InChI is InChI=1S/C10H14N2/c11-10-4-2-1-3-8(10)7-9-5-6-12-9/h1-4,9,12H,5-7,11H2. The van der Waals surface area contributed by atoms with E-state index in [1.165, 1.54) is 12.0 Å². The summed E-state index contributed by atoms with van der Waals surface area (Å²) in [5.41, 5.74) is 8.02. The van der Waals surface area contributed by atoms with E-state index in [1.54, 1.807) is 0 Å². The largest absolute Gasteiger partial charge is 0.399 e. The molecule has 0 aliphatic carbocycles. The number of benzene rings is 1. The molecule has 0 aromatic heterocycles. The van der Waals surface area contributed by atoms with Crippen LogP contribution in [-0.4, -0.2) is 12.6 Å². The fraction of sp³-hybridized carbons (Fsp3) is 0.400. The van der Waals surface area contributed by atoms with Gasteiger partial charge in [-0.2, -0.15) is 0 Å². The van der Waals surface area contributed by atoms with Crippen LogP contribution in [0.3, 0.4) is 0 Å². The summed E-state index contributed by atoms with van der Waals surface area (Å²) in [4.78, 5) is 0. The van der Waals surface area contributed by atoms with Crippen LogP contribution in [-0.2, 0) is 6.42 Å². The molecule has 0 spiro atoms. The van der Waals surface area contributed by atoms with E-state index >= 15 is 0 Å². The Morgan fingerprint density at radius 1 is 1.42 bits per heavy atom. The van der Waals surface area contributed by atoms with Gasteiger partial charge in [0.15, 0.2) is 0 Å². The van der Waals surface area contributed by atoms with Crippen LogP contribution in [0.25, 0.3) is 0 Å². The van der Waals surface area contributed by atoms with Gasteiger partial charge >= 0.3 is 0 Å². The lowest BCUT2D eigenvalue weighted by atomic mass is 9.97. The van der Waals surface area contributed by atoms with Crippen LogP contribution in [0.5, 0.6) is 0 Å². The van der Waals surface area contributed by atoms with E-state index < -0.39 is 0 Å². The van der Waals surface area contributed by atoms with Gasteiger partial charge in [-0.25, -0.2) is 0 Å². The molecule has 0 amide bonds. The number of anilines is 1. The zero-order valence-corrected chi connectivity index (χ0v) is 7.09. The molecule has 1 unspecified atom stereocenters. The highest BCUT2D eigenvalue weighted by Gasteiger charge is 2.16. The van der Waals surface area contributed by atoms with Gasteiger partial charge in [0.05, 0.1) is 0 Å². The highest BCUT2D eigenvalue weighted by molar-refractivity contribution is 5.46. The monoisotopic (exact) mass is 162 g/mol. The van der Waals surface area contributed by atoms with Gasteiger partial charge < -0.3 is 11.1 Å². The number of hydrogen-bond acceptors (Lipinski definition) is 2. The summed E-state index contributed by atoms with van der Waals surface area (Å²) >= 11 is 0. The minimum absolute atomic E-state index is 0.662. The molecule has 1 atom stereocenters. The number of nitrogens with one attached hydrogen (secondary N) is 1. The van der Waals surface area contributed by atoms with E-state index in [4.69, 9.17) is 5.73 Å². The number of nitrogens with two attached hydrogens (primary N) is 1. The molecule has 1 saturated heterocycles. The summed E-state index contributed by atoms with van der Waals surface area (Å²) in [6.07, 6.45) is 2.36. The third-order valence-electron chi connectivity index (χ3n) is 2.45. The van der Waals surface area contributed by atoms with E-state index in [9.17, 15) is 0 Å². The maximum absolute atomic E-state index is 5.82. The van der Waals surface area contributed by atoms with Gasteiger partial charge in [0, 0.05) is 11.7 Å². The molecule has 12 heavy (non-hydrogen) atoms. The second-order valence-corrected chi connectivity index (χ2v) is 3.34. The average Bonchev–Trinajstić information content (AvgIpc) is 2.00. The van der Waals surface area contributed by atoms with E-state index in [2.05, 4.69) is 11.4 Å². The molecule has 3 N–H and O–H groups in total. The van der Waals surface area contributed by atoms with Crippen LogP contribution >= 0.6 is 0 Å². The van der Waals surface area contributed by atoms with Crippen molar-refractivity contribution in [2.45, 2.75) is 18.9 Å². The highest BCUT2D eigenvalue weighted by Crippen LogP contribution is 2.16. The summed E-state index contributed by atoms with van der Waals surface area (Å²) in [6.45, 7) is 1.16. The molecule has 0 saturated carbocycles. The molecule has 2 heteroatoms. The van der Waals surface area contributed by atoms with Gasteiger partial charge in [-0.05, 0) is 31.0 Å². The Bertz CT molecular complexity index is 266. The Hall–Kier alpha value is -1.02. The molecule has 0 radical (unpaired) electrons. The Morgan fingerprint density at radius 2 is 2.17 bits per heavy atom. The number of para-hydroxylation sites is 1. The van der Waals surface area contributed by atoms with E-state index in [1.807, 2.05) is 18.2 Å². The SMILES string of the molecule is Nc1ccccc1CC1CCN1. The molecule has 1 aromatic rings. The van der Waals surface area contributed by atoms with Gasteiger partial charge in [-0.3, -0.25) is 0 Å². The maximum atomic E-state index is 5.82. The number of hydrogen-bond donors (Lipinski definition) is 2. The molecule has 2 rings (SSSR count). The van der Waals surface area contributed by atoms with Crippen LogP contribution in [0.15, 0.2) is 24.3 Å². The van der Waals surface area contributed by atoms with Gasteiger partial charge in [-0.15, -0.1) is 0 Å². The van der Waals surface area contributed by atoms with Crippen LogP contribution in [0.1, 0.15) is 12.0 Å². The second-order valence-electron chi connectivity index (χ2n) is 3.34. The number of rotatable bonds is 2. The van der Waals surface area contributed by atoms with Crippen molar-refractivity contribution in [2.24, 2.45) is 0 Å². The summed E-state index contributed by atoms with van der Waals surface area (Å²) in [7, 11) is 0. The van der Waals surface area contributed by atoms with Crippen LogP contribution in [0.2, 0.25) is 0 Å². The molecule has 1 aromatic carbocycles. The van der Waals surface area contributed by atoms with E-state index in [0.29, 0.717) is 6.04 Å². The molecule has 1 fully saturated rings. The van der Waals surface area contributed by atoms with Crippen molar-refractivity contribution in [3.8, 4) is 0 Å². The average molecular weight is 162 g/mol. The Labute approximate surface area is 72.8 Å². The smallest absolute Gasteiger partial charge is 0.0347 e. The molecular weight excluding hydrogens is 148 g/mol. The van der Waals surface area contributed by atoms with E-state index in [0.717, 1.165) is 18.7 Å². The third kappa shape index (κ3) is 1.43. The molecule has 1 heterocycles. The Kier molecular flexibility index (Phi) is 2.00. The Balaban J connectivity index is 2.06. The van der Waals surface area contributed by atoms with Crippen LogP contribution in [0.4, 0.5) is 5.69 Å². The summed E-state index contributed by atoms with van der Waals surface area (Å²) in [6, 6.07) is 8.76.